The minimum atomic E-state index is -1.81. The Bertz CT molecular complexity index is 402. The topological polar surface area (TPSA) is 29.1 Å². The molecule has 15 heavy (non-hydrogen) atoms. The van der Waals surface area contributed by atoms with Crippen LogP contribution in [-0.2, 0) is 4.79 Å². The van der Waals surface area contributed by atoms with Crippen LogP contribution in [0, 0.1) is 30.2 Å². The summed E-state index contributed by atoms with van der Waals surface area (Å²) in [5, 5.41) is 1.75. The van der Waals surface area contributed by atoms with Gasteiger partial charge in [0.15, 0.2) is 23.3 Å². The van der Waals surface area contributed by atoms with Crippen LogP contribution < -0.4 is 5.32 Å². The van der Waals surface area contributed by atoms with Crippen LogP contribution >= 0.6 is 0 Å². The van der Waals surface area contributed by atoms with Gasteiger partial charge in [-0.2, -0.15) is 0 Å². The van der Waals surface area contributed by atoms with Crippen molar-refractivity contribution in [1.82, 2.24) is 0 Å². The lowest BCUT2D eigenvalue weighted by Crippen LogP contribution is -2.13. The van der Waals surface area contributed by atoms with E-state index < -0.39 is 40.4 Å². The average Bonchev–Trinajstić information content (AvgIpc) is 2.18. The van der Waals surface area contributed by atoms with Gasteiger partial charge in [0.2, 0.25) is 5.91 Å². The Labute approximate surface area is 82.9 Å². The molecule has 0 spiro atoms. The molecule has 0 saturated heterocycles. The smallest absolute Gasteiger partial charge is 0.221 e. The molecular formula is C9H7F4NO. The molecule has 0 aliphatic rings. The number of rotatable bonds is 1. The van der Waals surface area contributed by atoms with E-state index in [0.29, 0.717) is 0 Å². The van der Waals surface area contributed by atoms with E-state index in [1.165, 1.54) is 0 Å². The highest BCUT2D eigenvalue weighted by molar-refractivity contribution is 5.89. The van der Waals surface area contributed by atoms with Gasteiger partial charge < -0.3 is 5.32 Å². The van der Waals surface area contributed by atoms with Crippen molar-refractivity contribution in [2.45, 2.75) is 13.8 Å². The number of carbonyl (C=O) groups excluding carboxylic acids is 1. The molecule has 82 valence electrons. The van der Waals surface area contributed by atoms with Gasteiger partial charge in [-0.05, 0) is 6.92 Å². The van der Waals surface area contributed by atoms with Crippen molar-refractivity contribution in [2.75, 3.05) is 5.32 Å². The van der Waals surface area contributed by atoms with Crippen LogP contribution in [0.15, 0.2) is 0 Å². The fourth-order valence-corrected chi connectivity index (χ4v) is 1.04. The molecular weight excluding hydrogens is 214 g/mol. The maximum atomic E-state index is 13.2. The Balaban J connectivity index is 3.45. The number of halogens is 4. The normalized spacial score (nSPS) is 10.3. The van der Waals surface area contributed by atoms with Gasteiger partial charge in [-0.15, -0.1) is 0 Å². The molecule has 6 heteroatoms. The number of benzene rings is 1. The second-order valence-corrected chi connectivity index (χ2v) is 2.94. The van der Waals surface area contributed by atoms with Crippen molar-refractivity contribution in [3.63, 3.8) is 0 Å². The van der Waals surface area contributed by atoms with Crippen LogP contribution in [0.3, 0.4) is 0 Å². The molecule has 1 rings (SSSR count). The van der Waals surface area contributed by atoms with Crippen molar-refractivity contribution < 1.29 is 22.4 Å². The van der Waals surface area contributed by atoms with Crippen LogP contribution in [0.25, 0.3) is 0 Å². The van der Waals surface area contributed by atoms with E-state index in [4.69, 9.17) is 0 Å². The van der Waals surface area contributed by atoms with Gasteiger partial charge in [-0.1, -0.05) is 0 Å². The number of amides is 1. The lowest BCUT2D eigenvalue weighted by Gasteiger charge is -2.09. The molecule has 1 amide bonds. The van der Waals surface area contributed by atoms with E-state index in [1.54, 1.807) is 5.32 Å². The first-order valence-corrected chi connectivity index (χ1v) is 3.96. The molecule has 0 bridgehead atoms. The number of hydrogen-bond acceptors (Lipinski definition) is 1. The highest BCUT2D eigenvalue weighted by Gasteiger charge is 2.23. The summed E-state index contributed by atoms with van der Waals surface area (Å²) >= 11 is 0. The van der Waals surface area contributed by atoms with Gasteiger partial charge in [0, 0.05) is 12.5 Å². The van der Waals surface area contributed by atoms with Gasteiger partial charge in [0.05, 0.1) is 0 Å². The fraction of sp³-hybridized carbons (Fsp3) is 0.222. The van der Waals surface area contributed by atoms with Crippen LogP contribution in [0.1, 0.15) is 12.5 Å². The zero-order valence-electron chi connectivity index (χ0n) is 7.92. The molecule has 0 aliphatic carbocycles. The molecule has 0 atom stereocenters. The summed E-state index contributed by atoms with van der Waals surface area (Å²) in [6.45, 7) is 1.94. The van der Waals surface area contributed by atoms with Crippen LogP contribution in [0.5, 0.6) is 0 Å². The zero-order chi connectivity index (χ0) is 11.7. The first-order valence-electron chi connectivity index (χ1n) is 3.96. The number of nitrogens with one attached hydrogen (secondary N) is 1. The van der Waals surface area contributed by atoms with E-state index in [-0.39, 0.29) is 0 Å². The summed E-state index contributed by atoms with van der Waals surface area (Å²) in [5.41, 5.74) is -1.66. The average molecular weight is 221 g/mol. The lowest BCUT2D eigenvalue weighted by molar-refractivity contribution is -0.114. The molecule has 1 N–H and O–H groups in total. The molecule has 0 radical (unpaired) electrons. The standard InChI is InChI=1S/C9H7F4NO/c1-3-5(10)7(12)8(13)9(6(3)11)14-4(2)15/h1-2H3,(H,14,15). The summed E-state index contributed by atoms with van der Waals surface area (Å²) in [6.07, 6.45) is 0. The van der Waals surface area contributed by atoms with E-state index in [9.17, 15) is 22.4 Å². The molecule has 0 heterocycles. The van der Waals surface area contributed by atoms with Gasteiger partial charge in [-0.25, -0.2) is 17.6 Å². The molecule has 2 nitrogen and oxygen atoms in total. The van der Waals surface area contributed by atoms with E-state index in [1.807, 2.05) is 0 Å². The van der Waals surface area contributed by atoms with Crippen molar-refractivity contribution in [1.29, 1.82) is 0 Å². The second kappa shape index (κ2) is 3.88. The van der Waals surface area contributed by atoms with Crippen molar-refractivity contribution in [3.05, 3.63) is 28.8 Å². The third kappa shape index (κ3) is 1.93. The van der Waals surface area contributed by atoms with Gasteiger partial charge in [0.25, 0.3) is 0 Å². The summed E-state index contributed by atoms with van der Waals surface area (Å²) in [7, 11) is 0. The monoisotopic (exact) mass is 221 g/mol. The van der Waals surface area contributed by atoms with E-state index in [0.717, 1.165) is 13.8 Å². The first-order chi connectivity index (χ1) is 6.86. The summed E-state index contributed by atoms with van der Waals surface area (Å²) in [4.78, 5) is 10.6. The minimum absolute atomic E-state index is 0.683. The highest BCUT2D eigenvalue weighted by atomic mass is 19.2. The number of anilines is 1. The molecule has 0 aliphatic heterocycles. The zero-order valence-corrected chi connectivity index (χ0v) is 7.92. The molecule has 0 fully saturated rings. The Morgan fingerprint density at radius 3 is 2.00 bits per heavy atom. The van der Waals surface area contributed by atoms with E-state index >= 15 is 0 Å². The molecule has 0 saturated carbocycles. The Morgan fingerprint density at radius 2 is 1.53 bits per heavy atom. The third-order valence-electron chi connectivity index (χ3n) is 1.78. The van der Waals surface area contributed by atoms with Gasteiger partial charge in [0.1, 0.15) is 5.69 Å². The Morgan fingerprint density at radius 1 is 1.00 bits per heavy atom. The molecule has 0 unspecified atom stereocenters. The van der Waals surface area contributed by atoms with Crippen LogP contribution in [0.4, 0.5) is 23.2 Å². The second-order valence-electron chi connectivity index (χ2n) is 2.94. The van der Waals surface area contributed by atoms with Crippen molar-refractivity contribution in [2.24, 2.45) is 0 Å². The predicted molar refractivity (Wildman–Crippen MR) is 45.3 cm³/mol. The molecule has 1 aromatic rings. The highest BCUT2D eigenvalue weighted by Crippen LogP contribution is 2.27. The first kappa shape index (κ1) is 11.5. The van der Waals surface area contributed by atoms with Crippen molar-refractivity contribution >= 4 is 11.6 Å². The van der Waals surface area contributed by atoms with Crippen LogP contribution in [0.2, 0.25) is 0 Å². The number of carbonyl (C=O) groups is 1. The Hall–Kier alpha value is -1.59. The predicted octanol–water partition coefficient (Wildman–Crippen LogP) is 2.51. The maximum absolute atomic E-state index is 13.2. The Kier molecular flexibility index (Phi) is 2.97. The summed E-state index contributed by atoms with van der Waals surface area (Å²) in [5.74, 6) is -7.25. The maximum Gasteiger partial charge on any atom is 0.221 e. The van der Waals surface area contributed by atoms with Crippen molar-refractivity contribution in [3.8, 4) is 0 Å². The minimum Gasteiger partial charge on any atom is -0.321 e. The largest absolute Gasteiger partial charge is 0.321 e. The third-order valence-corrected chi connectivity index (χ3v) is 1.78. The number of hydrogen-bond donors (Lipinski definition) is 1. The SMILES string of the molecule is CC(=O)Nc1c(F)c(C)c(F)c(F)c1F. The lowest BCUT2D eigenvalue weighted by atomic mass is 10.1. The van der Waals surface area contributed by atoms with Crippen LogP contribution in [-0.4, -0.2) is 5.91 Å². The summed E-state index contributed by atoms with van der Waals surface area (Å²) < 4.78 is 51.8. The quantitative estimate of drug-likeness (QED) is 0.440. The molecule has 0 aromatic heterocycles. The summed E-state index contributed by atoms with van der Waals surface area (Å²) in [6, 6.07) is 0. The fourth-order valence-electron chi connectivity index (χ4n) is 1.04. The van der Waals surface area contributed by atoms with Gasteiger partial charge in [-0.3, -0.25) is 4.79 Å². The van der Waals surface area contributed by atoms with Gasteiger partial charge >= 0.3 is 0 Å². The van der Waals surface area contributed by atoms with E-state index in [2.05, 4.69) is 0 Å². The molecule has 1 aromatic carbocycles.